The lowest BCUT2D eigenvalue weighted by Gasteiger charge is -2.17. The van der Waals surface area contributed by atoms with Crippen LogP contribution in [0.3, 0.4) is 0 Å². The summed E-state index contributed by atoms with van der Waals surface area (Å²) >= 11 is 6.22. The maximum Gasteiger partial charge on any atom is 0.0992 e. The van der Waals surface area contributed by atoms with Gasteiger partial charge < -0.3 is 10.3 Å². The van der Waals surface area contributed by atoms with Crippen LogP contribution >= 0.6 is 11.6 Å². The first kappa shape index (κ1) is 13.2. The number of hydrogen-bond acceptors (Lipinski definition) is 2. The molecule has 1 aliphatic carbocycles. The zero-order chi connectivity index (χ0) is 14.1. The van der Waals surface area contributed by atoms with Gasteiger partial charge in [-0.05, 0) is 48.1 Å². The molecule has 0 amide bonds. The van der Waals surface area contributed by atoms with E-state index in [0.29, 0.717) is 17.1 Å². The van der Waals surface area contributed by atoms with Crippen LogP contribution in [0.5, 0.6) is 0 Å². The molecule has 0 bridgehead atoms. The lowest BCUT2D eigenvalue weighted by molar-refractivity contribution is 0.573. The van der Waals surface area contributed by atoms with Crippen molar-refractivity contribution in [2.24, 2.45) is 5.73 Å². The second-order valence-corrected chi connectivity index (χ2v) is 5.74. The monoisotopic (exact) mass is 285 g/mol. The standard InChI is InChI=1S/C16H16ClN3/c17-15-6-11(7-18)4-5-13(15)9-20-8-12-2-1-3-16(19)14(12)10-20/h4-6,8,10,16H,1-3,9,19H2. The van der Waals surface area contributed by atoms with Gasteiger partial charge in [0.2, 0.25) is 0 Å². The van der Waals surface area contributed by atoms with Crippen LogP contribution in [-0.2, 0) is 13.0 Å². The second kappa shape index (κ2) is 5.32. The summed E-state index contributed by atoms with van der Waals surface area (Å²) in [5.74, 6) is 0. The van der Waals surface area contributed by atoms with Crippen LogP contribution in [0.1, 0.15) is 41.1 Å². The van der Waals surface area contributed by atoms with Crippen molar-refractivity contribution in [3.63, 3.8) is 0 Å². The molecule has 1 heterocycles. The fraction of sp³-hybridized carbons (Fsp3) is 0.312. The van der Waals surface area contributed by atoms with Gasteiger partial charge in [-0.25, -0.2) is 0 Å². The Hall–Kier alpha value is -1.76. The second-order valence-electron chi connectivity index (χ2n) is 5.33. The van der Waals surface area contributed by atoms with Crippen molar-refractivity contribution in [1.29, 1.82) is 5.26 Å². The topological polar surface area (TPSA) is 54.7 Å². The fourth-order valence-electron chi connectivity index (χ4n) is 2.82. The molecular weight excluding hydrogens is 270 g/mol. The third-order valence-electron chi connectivity index (χ3n) is 3.89. The quantitative estimate of drug-likeness (QED) is 0.919. The Morgan fingerprint density at radius 1 is 1.40 bits per heavy atom. The van der Waals surface area contributed by atoms with E-state index in [1.807, 2.05) is 6.07 Å². The number of hydrogen-bond donors (Lipinski definition) is 1. The number of rotatable bonds is 2. The van der Waals surface area contributed by atoms with Gasteiger partial charge in [0, 0.05) is 30.0 Å². The van der Waals surface area contributed by atoms with Crippen molar-refractivity contribution in [3.8, 4) is 6.07 Å². The highest BCUT2D eigenvalue weighted by Crippen LogP contribution is 2.29. The van der Waals surface area contributed by atoms with E-state index in [0.717, 1.165) is 24.8 Å². The Balaban J connectivity index is 1.87. The molecule has 3 rings (SSSR count). The zero-order valence-corrected chi connectivity index (χ0v) is 11.9. The molecule has 0 spiro atoms. The first-order valence-electron chi connectivity index (χ1n) is 6.80. The number of aromatic nitrogens is 1. The molecule has 1 aliphatic rings. The molecular formula is C16H16ClN3. The van der Waals surface area contributed by atoms with Crippen LogP contribution in [0.4, 0.5) is 0 Å². The lowest BCUT2D eigenvalue weighted by atomic mass is 9.92. The van der Waals surface area contributed by atoms with E-state index >= 15 is 0 Å². The average molecular weight is 286 g/mol. The van der Waals surface area contributed by atoms with Gasteiger partial charge >= 0.3 is 0 Å². The molecule has 2 N–H and O–H groups in total. The van der Waals surface area contributed by atoms with Crippen molar-refractivity contribution in [2.75, 3.05) is 0 Å². The van der Waals surface area contributed by atoms with Crippen molar-refractivity contribution in [2.45, 2.75) is 31.8 Å². The van der Waals surface area contributed by atoms with Gasteiger partial charge in [-0.15, -0.1) is 0 Å². The third kappa shape index (κ3) is 2.45. The van der Waals surface area contributed by atoms with E-state index in [1.54, 1.807) is 12.1 Å². The van der Waals surface area contributed by atoms with E-state index < -0.39 is 0 Å². The lowest BCUT2D eigenvalue weighted by Crippen LogP contribution is -2.15. The maximum absolute atomic E-state index is 8.85. The summed E-state index contributed by atoms with van der Waals surface area (Å²) < 4.78 is 2.14. The highest BCUT2D eigenvalue weighted by atomic mass is 35.5. The molecule has 1 atom stereocenters. The van der Waals surface area contributed by atoms with E-state index in [4.69, 9.17) is 22.6 Å². The first-order chi connectivity index (χ1) is 9.67. The predicted molar refractivity (Wildman–Crippen MR) is 79.6 cm³/mol. The number of fused-ring (bicyclic) bond motifs is 1. The van der Waals surface area contributed by atoms with E-state index in [2.05, 4.69) is 23.0 Å². The molecule has 0 fully saturated rings. The van der Waals surface area contributed by atoms with Gasteiger partial charge in [0.15, 0.2) is 0 Å². The van der Waals surface area contributed by atoms with Gasteiger partial charge in [-0.1, -0.05) is 17.7 Å². The van der Waals surface area contributed by atoms with Gasteiger partial charge in [-0.3, -0.25) is 0 Å². The van der Waals surface area contributed by atoms with Crippen LogP contribution in [-0.4, -0.2) is 4.57 Å². The van der Waals surface area contributed by atoms with Crippen LogP contribution < -0.4 is 5.73 Å². The number of nitriles is 1. The summed E-state index contributed by atoms with van der Waals surface area (Å²) in [6.07, 6.45) is 7.64. The molecule has 20 heavy (non-hydrogen) atoms. The number of nitrogens with zero attached hydrogens (tertiary/aromatic N) is 2. The minimum Gasteiger partial charge on any atom is -0.349 e. The molecule has 1 aromatic carbocycles. The first-order valence-corrected chi connectivity index (χ1v) is 7.18. The van der Waals surface area contributed by atoms with Crippen molar-refractivity contribution in [1.82, 2.24) is 4.57 Å². The van der Waals surface area contributed by atoms with Crippen molar-refractivity contribution >= 4 is 11.6 Å². The van der Waals surface area contributed by atoms with E-state index in [-0.39, 0.29) is 6.04 Å². The largest absolute Gasteiger partial charge is 0.349 e. The highest BCUT2D eigenvalue weighted by Gasteiger charge is 2.18. The number of aryl methyl sites for hydroxylation is 1. The molecule has 3 nitrogen and oxygen atoms in total. The number of nitrogens with two attached hydrogens (primary N) is 1. The summed E-state index contributed by atoms with van der Waals surface area (Å²) in [6.45, 7) is 0.713. The van der Waals surface area contributed by atoms with Crippen LogP contribution in [0.2, 0.25) is 5.02 Å². The highest BCUT2D eigenvalue weighted by molar-refractivity contribution is 6.31. The molecule has 102 valence electrons. The molecule has 0 aliphatic heterocycles. The minimum atomic E-state index is 0.163. The third-order valence-corrected chi connectivity index (χ3v) is 4.25. The Kier molecular flexibility index (Phi) is 3.52. The minimum absolute atomic E-state index is 0.163. The van der Waals surface area contributed by atoms with Crippen LogP contribution in [0.15, 0.2) is 30.6 Å². The number of halogens is 1. The summed E-state index contributed by atoms with van der Waals surface area (Å²) in [7, 11) is 0. The predicted octanol–water partition coefficient (Wildman–Crippen LogP) is 3.40. The zero-order valence-electron chi connectivity index (χ0n) is 11.1. The molecule has 0 saturated heterocycles. The van der Waals surface area contributed by atoms with Crippen LogP contribution in [0, 0.1) is 11.3 Å². The van der Waals surface area contributed by atoms with Gasteiger partial charge in [0.1, 0.15) is 0 Å². The van der Waals surface area contributed by atoms with E-state index in [9.17, 15) is 0 Å². The molecule has 1 unspecified atom stereocenters. The van der Waals surface area contributed by atoms with Crippen molar-refractivity contribution < 1.29 is 0 Å². The van der Waals surface area contributed by atoms with Crippen LogP contribution in [0.25, 0.3) is 0 Å². The molecule has 4 heteroatoms. The van der Waals surface area contributed by atoms with Gasteiger partial charge in [0.25, 0.3) is 0 Å². The Bertz CT molecular complexity index is 682. The Morgan fingerprint density at radius 3 is 2.95 bits per heavy atom. The Labute approximate surface area is 123 Å². The molecule has 1 aromatic heterocycles. The maximum atomic E-state index is 8.85. The summed E-state index contributed by atoms with van der Waals surface area (Å²) in [5, 5.41) is 9.49. The number of benzene rings is 1. The Morgan fingerprint density at radius 2 is 2.25 bits per heavy atom. The van der Waals surface area contributed by atoms with Gasteiger partial charge in [-0.2, -0.15) is 5.26 Å². The van der Waals surface area contributed by atoms with E-state index in [1.165, 1.54) is 11.1 Å². The van der Waals surface area contributed by atoms with Gasteiger partial charge in [0.05, 0.1) is 11.6 Å². The summed E-state index contributed by atoms with van der Waals surface area (Å²) in [5.41, 5.74) is 10.4. The van der Waals surface area contributed by atoms with Crippen molar-refractivity contribution in [3.05, 3.63) is 57.9 Å². The summed E-state index contributed by atoms with van der Waals surface area (Å²) in [6, 6.07) is 7.69. The molecule has 2 aromatic rings. The normalized spacial score (nSPS) is 17.6. The average Bonchev–Trinajstić information content (AvgIpc) is 2.85. The smallest absolute Gasteiger partial charge is 0.0992 e. The molecule has 0 saturated carbocycles. The fourth-order valence-corrected chi connectivity index (χ4v) is 3.06. The summed E-state index contributed by atoms with van der Waals surface area (Å²) in [4.78, 5) is 0. The molecule has 0 radical (unpaired) electrons. The SMILES string of the molecule is N#Cc1ccc(Cn2cc3c(c2)C(N)CCC3)c(Cl)c1.